The van der Waals surface area contributed by atoms with E-state index in [0.29, 0.717) is 17.9 Å². The Hall–Kier alpha value is -2.66. The minimum Gasteiger partial charge on any atom is -0.487 e. The number of hydrogen-bond acceptors (Lipinski definition) is 4. The van der Waals surface area contributed by atoms with Crippen LogP contribution in [-0.2, 0) is 6.61 Å². The van der Waals surface area contributed by atoms with Crippen LogP contribution in [0, 0.1) is 6.92 Å². The molecular weight excluding hydrogens is 344 g/mol. The van der Waals surface area contributed by atoms with Crippen molar-refractivity contribution in [2.24, 2.45) is 0 Å². The van der Waals surface area contributed by atoms with Crippen molar-refractivity contribution in [3.8, 4) is 5.75 Å². The molecule has 1 aromatic heterocycles. The zero-order chi connectivity index (χ0) is 18.5. The van der Waals surface area contributed by atoms with Gasteiger partial charge in [-0.3, -0.25) is 4.79 Å². The molecule has 1 atom stereocenters. The van der Waals surface area contributed by atoms with Crippen molar-refractivity contribution in [1.29, 1.82) is 0 Å². The average Bonchev–Trinajstić information content (AvgIpc) is 3.19. The summed E-state index contributed by atoms with van der Waals surface area (Å²) in [6.45, 7) is 4.49. The molecule has 1 unspecified atom stereocenters. The molecule has 26 heavy (non-hydrogen) atoms. The van der Waals surface area contributed by atoms with Crippen molar-refractivity contribution in [2.75, 3.05) is 7.05 Å². The van der Waals surface area contributed by atoms with E-state index in [1.165, 1.54) is 16.9 Å². The summed E-state index contributed by atoms with van der Waals surface area (Å²) in [5.41, 5.74) is 5.60. The predicted molar refractivity (Wildman–Crippen MR) is 105 cm³/mol. The third kappa shape index (κ3) is 4.29. The van der Waals surface area contributed by atoms with Gasteiger partial charge in [-0.05, 0) is 37.6 Å². The summed E-state index contributed by atoms with van der Waals surface area (Å²) in [6.07, 6.45) is 0. The van der Waals surface area contributed by atoms with Crippen molar-refractivity contribution < 1.29 is 9.53 Å². The molecule has 5 heteroatoms. The third-order valence-electron chi connectivity index (χ3n) is 4.41. The Morgan fingerprint density at radius 2 is 2.00 bits per heavy atom. The van der Waals surface area contributed by atoms with Gasteiger partial charge in [0.05, 0.1) is 17.2 Å². The van der Waals surface area contributed by atoms with Crippen molar-refractivity contribution in [3.05, 3.63) is 81.8 Å². The number of benzene rings is 2. The number of hydrogen-bond donors (Lipinski definition) is 0. The van der Waals surface area contributed by atoms with Crippen molar-refractivity contribution in [3.63, 3.8) is 0 Å². The minimum absolute atomic E-state index is 0.0114. The average molecular weight is 366 g/mol. The Bertz CT molecular complexity index is 860. The maximum atomic E-state index is 12.9. The molecule has 0 bridgehead atoms. The van der Waals surface area contributed by atoms with Crippen molar-refractivity contribution in [1.82, 2.24) is 9.88 Å². The number of nitrogens with zero attached hydrogens (tertiary/aromatic N) is 2. The molecule has 0 fully saturated rings. The lowest BCUT2D eigenvalue weighted by Gasteiger charge is -2.25. The van der Waals surface area contributed by atoms with Crippen LogP contribution in [0.2, 0.25) is 0 Å². The molecule has 0 spiro atoms. The van der Waals surface area contributed by atoms with Gasteiger partial charge in [0.15, 0.2) is 0 Å². The largest absolute Gasteiger partial charge is 0.487 e. The molecule has 0 radical (unpaired) electrons. The number of ether oxygens (including phenoxy) is 1. The fraction of sp³-hybridized carbons (Fsp3) is 0.238. The Labute approximate surface area is 158 Å². The second-order valence-corrected chi connectivity index (χ2v) is 7.02. The van der Waals surface area contributed by atoms with Crippen LogP contribution in [0.25, 0.3) is 0 Å². The monoisotopic (exact) mass is 366 g/mol. The van der Waals surface area contributed by atoms with Crippen molar-refractivity contribution >= 4 is 17.2 Å². The van der Waals surface area contributed by atoms with Gasteiger partial charge in [0, 0.05) is 18.0 Å². The smallest absolute Gasteiger partial charge is 0.254 e. The summed E-state index contributed by atoms with van der Waals surface area (Å²) in [5, 5.41) is 1.95. The van der Waals surface area contributed by atoms with Gasteiger partial charge in [-0.15, -0.1) is 11.3 Å². The molecule has 0 aliphatic heterocycles. The second-order valence-electron chi connectivity index (χ2n) is 6.30. The zero-order valence-electron chi connectivity index (χ0n) is 15.2. The van der Waals surface area contributed by atoms with E-state index in [1.807, 2.05) is 37.6 Å². The number of thiazole rings is 1. The van der Waals surface area contributed by atoms with E-state index in [9.17, 15) is 4.79 Å². The van der Waals surface area contributed by atoms with Crippen LogP contribution in [0.5, 0.6) is 5.75 Å². The zero-order valence-corrected chi connectivity index (χ0v) is 16.0. The minimum atomic E-state index is -0.0304. The molecule has 0 saturated carbocycles. The quantitative estimate of drug-likeness (QED) is 0.625. The summed E-state index contributed by atoms with van der Waals surface area (Å²) >= 11 is 1.54. The van der Waals surface area contributed by atoms with E-state index in [4.69, 9.17) is 4.74 Å². The van der Waals surface area contributed by atoms with Gasteiger partial charge < -0.3 is 9.64 Å². The number of carbonyl (C=O) groups is 1. The fourth-order valence-electron chi connectivity index (χ4n) is 2.63. The predicted octanol–water partition coefficient (Wildman–Crippen LogP) is 4.86. The summed E-state index contributed by atoms with van der Waals surface area (Å²) in [5.74, 6) is 0.637. The topological polar surface area (TPSA) is 42.4 Å². The summed E-state index contributed by atoms with van der Waals surface area (Å²) in [4.78, 5) is 18.8. The molecule has 134 valence electrons. The third-order valence-corrected chi connectivity index (χ3v) is 5.05. The molecule has 0 saturated heterocycles. The Balaban J connectivity index is 1.70. The van der Waals surface area contributed by atoms with Gasteiger partial charge in [-0.2, -0.15) is 0 Å². The van der Waals surface area contributed by atoms with E-state index in [0.717, 1.165) is 11.3 Å². The highest BCUT2D eigenvalue weighted by atomic mass is 32.1. The second kappa shape index (κ2) is 8.15. The first kappa shape index (κ1) is 18.1. The molecule has 3 rings (SSSR count). The van der Waals surface area contributed by atoms with Crippen LogP contribution in [0.1, 0.15) is 40.1 Å². The first-order chi connectivity index (χ1) is 12.5. The Kier molecular flexibility index (Phi) is 5.68. The lowest BCUT2D eigenvalue weighted by Crippen LogP contribution is -2.29. The van der Waals surface area contributed by atoms with Gasteiger partial charge in [-0.25, -0.2) is 4.98 Å². The van der Waals surface area contributed by atoms with E-state index >= 15 is 0 Å². The number of carbonyl (C=O) groups excluding carboxylic acids is 1. The first-order valence-electron chi connectivity index (χ1n) is 8.48. The molecule has 0 aliphatic carbocycles. The first-order valence-corrected chi connectivity index (χ1v) is 9.42. The highest BCUT2D eigenvalue weighted by molar-refractivity contribution is 7.07. The van der Waals surface area contributed by atoms with Crippen LogP contribution < -0.4 is 4.74 Å². The van der Waals surface area contributed by atoms with Crippen LogP contribution in [0.15, 0.2) is 59.4 Å². The van der Waals surface area contributed by atoms with Crippen LogP contribution >= 0.6 is 11.3 Å². The molecule has 0 N–H and O–H groups in total. The lowest BCUT2D eigenvalue weighted by atomic mass is 10.0. The van der Waals surface area contributed by atoms with Gasteiger partial charge in [-0.1, -0.05) is 35.9 Å². The summed E-state index contributed by atoms with van der Waals surface area (Å²) in [7, 11) is 1.83. The molecule has 1 amide bonds. The molecule has 2 aromatic carbocycles. The SMILES string of the molecule is Cc1ccc(C(C)N(C)C(=O)c2cccc(OCc3cscn3)c2)cc1. The van der Waals surface area contributed by atoms with E-state index in [2.05, 4.69) is 36.2 Å². The van der Waals surface area contributed by atoms with Gasteiger partial charge in [0.25, 0.3) is 5.91 Å². The van der Waals surface area contributed by atoms with Crippen molar-refractivity contribution in [2.45, 2.75) is 26.5 Å². The standard InChI is InChI=1S/C21H22N2O2S/c1-15-7-9-17(10-8-15)16(2)23(3)21(24)18-5-4-6-20(11-18)25-12-19-13-26-14-22-19/h4-11,13-14,16H,12H2,1-3H3. The molecule has 1 heterocycles. The van der Waals surface area contributed by atoms with E-state index in [-0.39, 0.29) is 11.9 Å². The lowest BCUT2D eigenvalue weighted by molar-refractivity contribution is 0.0742. The normalized spacial score (nSPS) is 11.8. The van der Waals surface area contributed by atoms with Gasteiger partial charge in [0.1, 0.15) is 12.4 Å². The Morgan fingerprint density at radius 3 is 2.69 bits per heavy atom. The van der Waals surface area contributed by atoms with Crippen LogP contribution in [0.3, 0.4) is 0 Å². The van der Waals surface area contributed by atoms with Crippen LogP contribution in [-0.4, -0.2) is 22.8 Å². The highest BCUT2D eigenvalue weighted by Gasteiger charge is 2.19. The number of amides is 1. The fourth-order valence-corrected chi connectivity index (χ4v) is 3.18. The molecule has 0 aliphatic rings. The van der Waals surface area contributed by atoms with Gasteiger partial charge >= 0.3 is 0 Å². The number of rotatable bonds is 6. The highest BCUT2D eigenvalue weighted by Crippen LogP contribution is 2.23. The van der Waals surface area contributed by atoms with Crippen LogP contribution in [0.4, 0.5) is 0 Å². The number of aromatic nitrogens is 1. The summed E-state index contributed by atoms with van der Waals surface area (Å²) < 4.78 is 5.75. The van der Waals surface area contributed by atoms with E-state index < -0.39 is 0 Å². The molecule has 3 aromatic rings. The number of aryl methyl sites for hydroxylation is 1. The Morgan fingerprint density at radius 1 is 1.23 bits per heavy atom. The summed E-state index contributed by atoms with van der Waals surface area (Å²) in [6, 6.07) is 15.6. The maximum Gasteiger partial charge on any atom is 0.254 e. The maximum absolute atomic E-state index is 12.9. The molecular formula is C21H22N2O2S. The van der Waals surface area contributed by atoms with E-state index in [1.54, 1.807) is 16.5 Å². The van der Waals surface area contributed by atoms with Gasteiger partial charge in [0.2, 0.25) is 0 Å². The molecule has 4 nitrogen and oxygen atoms in total.